The molecule has 3 aromatic rings. The third kappa shape index (κ3) is 2.62. The monoisotopic (exact) mass is 301 g/mol. The molecule has 1 heterocycles. The predicted octanol–water partition coefficient (Wildman–Crippen LogP) is 4.45. The number of furan rings is 1. The summed E-state index contributed by atoms with van der Waals surface area (Å²) in [6.07, 6.45) is 0. The van der Waals surface area contributed by atoms with E-state index in [0.717, 1.165) is 27.8 Å². The maximum Gasteiger partial charge on any atom is 0.134 e. The lowest BCUT2D eigenvalue weighted by Crippen LogP contribution is -2.11. The van der Waals surface area contributed by atoms with Gasteiger partial charge in [0.2, 0.25) is 0 Å². The first-order chi connectivity index (χ1) is 10.1. The maximum absolute atomic E-state index is 6.31. The highest BCUT2D eigenvalue weighted by Gasteiger charge is 2.15. The number of hydrogen-bond acceptors (Lipinski definition) is 3. The number of rotatable bonds is 3. The second-order valence-electron chi connectivity index (χ2n) is 5.04. The fourth-order valence-electron chi connectivity index (χ4n) is 2.38. The predicted molar refractivity (Wildman–Crippen MR) is 85.0 cm³/mol. The highest BCUT2D eigenvalue weighted by Crippen LogP contribution is 2.30. The van der Waals surface area contributed by atoms with Crippen LogP contribution in [0.5, 0.6) is 5.75 Å². The van der Waals surface area contributed by atoms with Gasteiger partial charge in [0.05, 0.1) is 13.2 Å². The molecule has 108 valence electrons. The molecule has 0 amide bonds. The first-order valence-electron chi connectivity index (χ1n) is 6.67. The third-order valence-electron chi connectivity index (χ3n) is 3.60. The highest BCUT2D eigenvalue weighted by atomic mass is 35.5. The average Bonchev–Trinajstić information content (AvgIpc) is 2.90. The van der Waals surface area contributed by atoms with E-state index in [2.05, 4.69) is 0 Å². The van der Waals surface area contributed by atoms with Gasteiger partial charge in [0.25, 0.3) is 0 Å². The molecule has 1 atom stereocenters. The normalized spacial score (nSPS) is 12.6. The topological polar surface area (TPSA) is 48.4 Å². The van der Waals surface area contributed by atoms with Gasteiger partial charge >= 0.3 is 0 Å². The molecular weight excluding hydrogens is 286 g/mol. The summed E-state index contributed by atoms with van der Waals surface area (Å²) in [7, 11) is 1.65. The number of hydrogen-bond donors (Lipinski definition) is 1. The minimum Gasteiger partial charge on any atom is -0.496 e. The van der Waals surface area contributed by atoms with Gasteiger partial charge in [0.1, 0.15) is 17.1 Å². The van der Waals surface area contributed by atoms with Crippen molar-refractivity contribution in [3.05, 3.63) is 64.4 Å². The first kappa shape index (κ1) is 14.0. The van der Waals surface area contributed by atoms with Crippen molar-refractivity contribution in [3.8, 4) is 5.75 Å². The zero-order chi connectivity index (χ0) is 15.0. The average molecular weight is 302 g/mol. The smallest absolute Gasteiger partial charge is 0.134 e. The molecule has 21 heavy (non-hydrogen) atoms. The summed E-state index contributed by atoms with van der Waals surface area (Å²) in [6, 6.07) is 13.0. The van der Waals surface area contributed by atoms with E-state index in [4.69, 9.17) is 26.5 Å². The summed E-state index contributed by atoms with van der Waals surface area (Å²) in [5, 5.41) is 1.63. The van der Waals surface area contributed by atoms with E-state index in [1.807, 2.05) is 43.3 Å². The molecule has 0 fully saturated rings. The van der Waals surface area contributed by atoms with Crippen LogP contribution in [0.15, 0.2) is 46.9 Å². The Morgan fingerprint density at radius 2 is 1.95 bits per heavy atom. The fourth-order valence-corrected chi connectivity index (χ4v) is 2.56. The first-order valence-corrected chi connectivity index (χ1v) is 7.05. The van der Waals surface area contributed by atoms with E-state index < -0.39 is 0 Å². The number of nitrogens with two attached hydrogens (primary N) is 1. The second kappa shape index (κ2) is 5.43. The van der Waals surface area contributed by atoms with Crippen LogP contribution in [0, 0.1) is 6.92 Å². The van der Waals surface area contributed by atoms with Crippen molar-refractivity contribution in [2.75, 3.05) is 7.11 Å². The molecule has 0 saturated heterocycles. The van der Waals surface area contributed by atoms with E-state index in [0.29, 0.717) is 10.8 Å². The van der Waals surface area contributed by atoms with Crippen molar-refractivity contribution in [3.63, 3.8) is 0 Å². The van der Waals surface area contributed by atoms with Crippen LogP contribution in [0.2, 0.25) is 5.02 Å². The van der Waals surface area contributed by atoms with Crippen molar-refractivity contribution in [1.82, 2.24) is 0 Å². The van der Waals surface area contributed by atoms with Crippen LogP contribution < -0.4 is 10.5 Å². The second-order valence-corrected chi connectivity index (χ2v) is 5.47. The molecule has 1 unspecified atom stereocenters. The summed E-state index contributed by atoms with van der Waals surface area (Å²) < 4.78 is 11.2. The van der Waals surface area contributed by atoms with Crippen LogP contribution in [0.25, 0.3) is 11.0 Å². The van der Waals surface area contributed by atoms with E-state index in [1.54, 1.807) is 13.2 Å². The van der Waals surface area contributed by atoms with Crippen molar-refractivity contribution < 1.29 is 9.15 Å². The zero-order valence-corrected chi connectivity index (χ0v) is 12.6. The molecule has 3 nitrogen and oxygen atoms in total. The van der Waals surface area contributed by atoms with Crippen LogP contribution >= 0.6 is 11.6 Å². The van der Waals surface area contributed by atoms with Crippen LogP contribution in [-0.4, -0.2) is 7.11 Å². The van der Waals surface area contributed by atoms with Gasteiger partial charge in [-0.15, -0.1) is 0 Å². The Labute approximate surface area is 128 Å². The van der Waals surface area contributed by atoms with Gasteiger partial charge in [-0.25, -0.2) is 0 Å². The Balaban J connectivity index is 2.01. The minimum absolute atomic E-state index is 0.342. The Hall–Kier alpha value is -1.97. The van der Waals surface area contributed by atoms with Gasteiger partial charge < -0.3 is 14.9 Å². The summed E-state index contributed by atoms with van der Waals surface area (Å²) in [5.74, 6) is 1.53. The van der Waals surface area contributed by atoms with Crippen LogP contribution in [0.1, 0.15) is 22.9 Å². The number of benzene rings is 2. The van der Waals surface area contributed by atoms with E-state index >= 15 is 0 Å². The fraction of sp³-hybridized carbons (Fsp3) is 0.176. The van der Waals surface area contributed by atoms with E-state index in [-0.39, 0.29) is 6.04 Å². The number of methoxy groups -OCH3 is 1. The lowest BCUT2D eigenvalue weighted by Gasteiger charge is -2.12. The van der Waals surface area contributed by atoms with Crippen LogP contribution in [-0.2, 0) is 0 Å². The molecular formula is C17H16ClNO2. The molecule has 0 radical (unpaired) electrons. The number of halogens is 1. The number of fused-ring (bicyclic) bond motifs is 1. The van der Waals surface area contributed by atoms with E-state index in [9.17, 15) is 0 Å². The SMILES string of the molecule is COc1cc(C(N)c2cc3cc(Cl)ccc3o2)ccc1C. The summed E-state index contributed by atoms with van der Waals surface area (Å²) in [4.78, 5) is 0. The summed E-state index contributed by atoms with van der Waals surface area (Å²) in [6.45, 7) is 2.00. The van der Waals surface area contributed by atoms with Gasteiger partial charge in [-0.1, -0.05) is 23.7 Å². The molecule has 1 aromatic heterocycles. The molecule has 0 aliphatic rings. The van der Waals surface area contributed by atoms with Gasteiger partial charge in [-0.05, 0) is 48.4 Å². The standard InChI is InChI=1S/C17H16ClNO2/c1-10-3-4-11(8-15(10)20-2)17(19)16-9-12-7-13(18)5-6-14(12)21-16/h3-9,17H,19H2,1-2H3. The van der Waals surface area contributed by atoms with Gasteiger partial charge in [-0.2, -0.15) is 0 Å². The Kier molecular flexibility index (Phi) is 3.62. The van der Waals surface area contributed by atoms with Gasteiger partial charge in [0.15, 0.2) is 0 Å². The van der Waals surface area contributed by atoms with Crippen molar-refractivity contribution in [2.24, 2.45) is 5.73 Å². The lowest BCUT2D eigenvalue weighted by atomic mass is 10.0. The van der Waals surface area contributed by atoms with Crippen LogP contribution in [0.4, 0.5) is 0 Å². The summed E-state index contributed by atoms with van der Waals surface area (Å²) >= 11 is 5.99. The molecule has 0 aliphatic carbocycles. The molecule has 0 bridgehead atoms. The Bertz CT molecular complexity index is 795. The number of aryl methyl sites for hydroxylation is 1. The number of ether oxygens (including phenoxy) is 1. The van der Waals surface area contributed by atoms with Gasteiger partial charge in [-0.3, -0.25) is 0 Å². The molecule has 2 aromatic carbocycles. The molecule has 4 heteroatoms. The lowest BCUT2D eigenvalue weighted by molar-refractivity contribution is 0.410. The van der Waals surface area contributed by atoms with Crippen LogP contribution in [0.3, 0.4) is 0 Å². The molecule has 0 aliphatic heterocycles. The van der Waals surface area contributed by atoms with E-state index in [1.165, 1.54) is 0 Å². The Morgan fingerprint density at radius 3 is 2.71 bits per heavy atom. The molecule has 2 N–H and O–H groups in total. The van der Waals surface area contributed by atoms with Crippen molar-refractivity contribution in [1.29, 1.82) is 0 Å². The minimum atomic E-state index is -0.342. The highest BCUT2D eigenvalue weighted by molar-refractivity contribution is 6.31. The maximum atomic E-state index is 6.31. The Morgan fingerprint density at radius 1 is 1.14 bits per heavy atom. The van der Waals surface area contributed by atoms with Crippen molar-refractivity contribution >= 4 is 22.6 Å². The summed E-state index contributed by atoms with van der Waals surface area (Å²) in [5.41, 5.74) is 9.11. The van der Waals surface area contributed by atoms with Crippen molar-refractivity contribution in [2.45, 2.75) is 13.0 Å². The molecule has 3 rings (SSSR count). The molecule has 0 spiro atoms. The largest absolute Gasteiger partial charge is 0.496 e. The quantitative estimate of drug-likeness (QED) is 0.777. The molecule has 0 saturated carbocycles. The zero-order valence-electron chi connectivity index (χ0n) is 11.9. The van der Waals surface area contributed by atoms with Gasteiger partial charge in [0, 0.05) is 10.4 Å². The third-order valence-corrected chi connectivity index (χ3v) is 3.83.